The maximum Gasteiger partial charge on any atom is 0.0486 e. The SMILES string of the molecule is CCN(CC)CCNCc1cn(Cc2ccccc2C)c2ccccc12. The van der Waals surface area contributed by atoms with Gasteiger partial charge in [0.15, 0.2) is 0 Å². The molecule has 0 spiro atoms. The Balaban J connectivity index is 1.74. The van der Waals surface area contributed by atoms with E-state index in [0.717, 1.165) is 39.3 Å². The van der Waals surface area contributed by atoms with E-state index in [-0.39, 0.29) is 0 Å². The number of nitrogens with one attached hydrogen (secondary N) is 1. The van der Waals surface area contributed by atoms with Crippen LogP contribution in [0.1, 0.15) is 30.5 Å². The highest BCUT2D eigenvalue weighted by molar-refractivity contribution is 5.84. The third-order valence-corrected chi connectivity index (χ3v) is 5.29. The lowest BCUT2D eigenvalue weighted by atomic mass is 10.1. The summed E-state index contributed by atoms with van der Waals surface area (Å²) in [7, 11) is 0. The zero-order valence-corrected chi connectivity index (χ0v) is 16.3. The van der Waals surface area contributed by atoms with Crippen LogP contribution in [0.25, 0.3) is 10.9 Å². The molecule has 0 bridgehead atoms. The van der Waals surface area contributed by atoms with Gasteiger partial charge in [0.2, 0.25) is 0 Å². The molecule has 0 aliphatic rings. The average molecular weight is 350 g/mol. The molecule has 2 aromatic carbocycles. The summed E-state index contributed by atoms with van der Waals surface area (Å²) >= 11 is 0. The Bertz CT molecular complexity index is 830. The average Bonchev–Trinajstić information content (AvgIpc) is 3.02. The monoisotopic (exact) mass is 349 g/mol. The van der Waals surface area contributed by atoms with E-state index in [0.29, 0.717) is 0 Å². The summed E-state index contributed by atoms with van der Waals surface area (Å²) < 4.78 is 2.39. The molecule has 1 N–H and O–H groups in total. The van der Waals surface area contributed by atoms with Crippen molar-refractivity contribution in [3.05, 3.63) is 71.4 Å². The molecule has 138 valence electrons. The van der Waals surface area contributed by atoms with E-state index in [1.54, 1.807) is 0 Å². The maximum absolute atomic E-state index is 3.63. The van der Waals surface area contributed by atoms with Crippen LogP contribution < -0.4 is 5.32 Å². The van der Waals surface area contributed by atoms with Crippen molar-refractivity contribution >= 4 is 10.9 Å². The first-order chi connectivity index (χ1) is 12.7. The van der Waals surface area contributed by atoms with Gasteiger partial charge in [0, 0.05) is 43.3 Å². The van der Waals surface area contributed by atoms with E-state index < -0.39 is 0 Å². The van der Waals surface area contributed by atoms with Crippen LogP contribution >= 0.6 is 0 Å². The van der Waals surface area contributed by atoms with Crippen LogP contribution in [0, 0.1) is 6.92 Å². The van der Waals surface area contributed by atoms with E-state index in [9.17, 15) is 0 Å². The smallest absolute Gasteiger partial charge is 0.0486 e. The Morgan fingerprint density at radius 3 is 2.42 bits per heavy atom. The van der Waals surface area contributed by atoms with Crippen molar-refractivity contribution in [2.24, 2.45) is 0 Å². The fourth-order valence-corrected chi connectivity index (χ4v) is 3.57. The van der Waals surface area contributed by atoms with Gasteiger partial charge in [-0.25, -0.2) is 0 Å². The van der Waals surface area contributed by atoms with Gasteiger partial charge in [0.1, 0.15) is 0 Å². The molecule has 0 aliphatic carbocycles. The van der Waals surface area contributed by atoms with Gasteiger partial charge in [-0.05, 0) is 42.8 Å². The minimum absolute atomic E-state index is 0.919. The third-order valence-electron chi connectivity index (χ3n) is 5.29. The number of benzene rings is 2. The summed E-state index contributed by atoms with van der Waals surface area (Å²) in [6.45, 7) is 12.9. The predicted molar refractivity (Wildman–Crippen MR) is 112 cm³/mol. The molecule has 0 amide bonds. The Labute approximate surface area is 157 Å². The van der Waals surface area contributed by atoms with Gasteiger partial charge in [0.25, 0.3) is 0 Å². The van der Waals surface area contributed by atoms with Crippen LogP contribution in [0.2, 0.25) is 0 Å². The number of hydrogen-bond donors (Lipinski definition) is 1. The zero-order valence-electron chi connectivity index (χ0n) is 16.3. The van der Waals surface area contributed by atoms with E-state index >= 15 is 0 Å². The minimum atomic E-state index is 0.919. The summed E-state index contributed by atoms with van der Waals surface area (Å²) in [5, 5.41) is 4.98. The van der Waals surface area contributed by atoms with Crippen molar-refractivity contribution in [1.29, 1.82) is 0 Å². The molecule has 0 fully saturated rings. The predicted octanol–water partition coefficient (Wildman–Crippen LogP) is 4.43. The molecule has 3 heteroatoms. The van der Waals surface area contributed by atoms with Gasteiger partial charge in [-0.1, -0.05) is 56.3 Å². The van der Waals surface area contributed by atoms with Gasteiger partial charge in [-0.15, -0.1) is 0 Å². The lowest BCUT2D eigenvalue weighted by Crippen LogP contribution is -2.31. The number of aryl methyl sites for hydroxylation is 1. The molecular formula is C23H31N3. The summed E-state index contributed by atoms with van der Waals surface area (Å²) in [6, 6.07) is 17.4. The van der Waals surface area contributed by atoms with Gasteiger partial charge < -0.3 is 14.8 Å². The molecule has 26 heavy (non-hydrogen) atoms. The van der Waals surface area contributed by atoms with Crippen molar-refractivity contribution < 1.29 is 0 Å². The van der Waals surface area contributed by atoms with E-state index in [1.165, 1.54) is 27.6 Å². The Hall–Kier alpha value is -2.10. The van der Waals surface area contributed by atoms with Crippen LogP contribution in [-0.2, 0) is 13.1 Å². The number of fused-ring (bicyclic) bond motifs is 1. The number of hydrogen-bond acceptors (Lipinski definition) is 2. The zero-order chi connectivity index (χ0) is 18.4. The van der Waals surface area contributed by atoms with Crippen LogP contribution in [0.3, 0.4) is 0 Å². The summed E-state index contributed by atoms with van der Waals surface area (Å²) in [6.07, 6.45) is 2.32. The summed E-state index contributed by atoms with van der Waals surface area (Å²) in [5.41, 5.74) is 5.43. The summed E-state index contributed by atoms with van der Waals surface area (Å²) in [4.78, 5) is 2.45. The molecular weight excluding hydrogens is 318 g/mol. The molecule has 0 aliphatic heterocycles. The molecule has 3 rings (SSSR count). The molecule has 0 saturated carbocycles. The van der Waals surface area contributed by atoms with Gasteiger partial charge in [-0.2, -0.15) is 0 Å². The lowest BCUT2D eigenvalue weighted by Gasteiger charge is -2.17. The van der Waals surface area contributed by atoms with E-state index in [2.05, 4.69) is 90.3 Å². The first-order valence-electron chi connectivity index (χ1n) is 9.77. The molecule has 3 nitrogen and oxygen atoms in total. The fourth-order valence-electron chi connectivity index (χ4n) is 3.57. The molecule has 0 atom stereocenters. The van der Waals surface area contributed by atoms with Crippen LogP contribution in [0.4, 0.5) is 0 Å². The molecule has 3 aromatic rings. The molecule has 0 unspecified atom stereocenters. The number of nitrogens with zero attached hydrogens (tertiary/aromatic N) is 2. The second kappa shape index (κ2) is 9.02. The van der Waals surface area contributed by atoms with Crippen molar-refractivity contribution in [2.45, 2.75) is 33.9 Å². The Kier molecular flexibility index (Phi) is 6.48. The van der Waals surface area contributed by atoms with Crippen molar-refractivity contribution in [3.8, 4) is 0 Å². The molecule has 0 radical (unpaired) electrons. The van der Waals surface area contributed by atoms with Crippen LogP contribution in [-0.4, -0.2) is 35.6 Å². The number of rotatable bonds is 9. The van der Waals surface area contributed by atoms with Gasteiger partial charge >= 0.3 is 0 Å². The largest absolute Gasteiger partial charge is 0.343 e. The third kappa shape index (κ3) is 4.35. The second-order valence-corrected chi connectivity index (χ2v) is 6.93. The highest BCUT2D eigenvalue weighted by Crippen LogP contribution is 2.23. The van der Waals surface area contributed by atoms with Crippen molar-refractivity contribution in [1.82, 2.24) is 14.8 Å². The minimum Gasteiger partial charge on any atom is -0.343 e. The highest BCUT2D eigenvalue weighted by Gasteiger charge is 2.09. The van der Waals surface area contributed by atoms with Gasteiger partial charge in [-0.3, -0.25) is 0 Å². The first-order valence-corrected chi connectivity index (χ1v) is 9.77. The second-order valence-electron chi connectivity index (χ2n) is 6.93. The number of likely N-dealkylation sites (N-methyl/N-ethyl adjacent to an activating group) is 1. The van der Waals surface area contributed by atoms with Crippen LogP contribution in [0.5, 0.6) is 0 Å². The number of aromatic nitrogens is 1. The summed E-state index contributed by atoms with van der Waals surface area (Å²) in [5.74, 6) is 0. The van der Waals surface area contributed by atoms with E-state index in [1.807, 2.05) is 0 Å². The van der Waals surface area contributed by atoms with Crippen molar-refractivity contribution in [3.63, 3.8) is 0 Å². The lowest BCUT2D eigenvalue weighted by molar-refractivity contribution is 0.302. The van der Waals surface area contributed by atoms with Crippen molar-refractivity contribution in [2.75, 3.05) is 26.2 Å². The highest BCUT2D eigenvalue weighted by atomic mass is 15.1. The molecule has 1 heterocycles. The van der Waals surface area contributed by atoms with Crippen LogP contribution in [0.15, 0.2) is 54.7 Å². The molecule has 1 aromatic heterocycles. The fraction of sp³-hybridized carbons (Fsp3) is 0.391. The Morgan fingerprint density at radius 2 is 1.65 bits per heavy atom. The molecule has 0 saturated heterocycles. The van der Waals surface area contributed by atoms with E-state index in [4.69, 9.17) is 0 Å². The number of para-hydroxylation sites is 1. The standard InChI is InChI=1S/C23H31N3/c1-4-25(5-2)15-14-24-16-21-18-26(23-13-9-8-12-22(21)23)17-20-11-7-6-10-19(20)3/h6-13,18,24H,4-5,14-17H2,1-3H3. The topological polar surface area (TPSA) is 20.2 Å². The maximum atomic E-state index is 3.63. The quantitative estimate of drug-likeness (QED) is 0.577. The Morgan fingerprint density at radius 1 is 0.923 bits per heavy atom. The first kappa shape index (κ1) is 18.7. The normalized spacial score (nSPS) is 11.5. The van der Waals surface area contributed by atoms with Gasteiger partial charge in [0.05, 0.1) is 0 Å².